The lowest BCUT2D eigenvalue weighted by Gasteiger charge is -2.29. The van der Waals surface area contributed by atoms with Crippen molar-refractivity contribution in [3.8, 4) is 0 Å². The van der Waals surface area contributed by atoms with Crippen molar-refractivity contribution in [3.05, 3.63) is 29.3 Å². The quantitative estimate of drug-likeness (QED) is 0.826. The van der Waals surface area contributed by atoms with Crippen LogP contribution in [0, 0.1) is 0 Å². The second-order valence-corrected chi connectivity index (χ2v) is 7.02. The fourth-order valence-electron chi connectivity index (χ4n) is 2.80. The highest BCUT2D eigenvalue weighted by molar-refractivity contribution is 8.00. The number of halogens is 1. The van der Waals surface area contributed by atoms with Gasteiger partial charge in [0.15, 0.2) is 0 Å². The molecule has 1 N–H and O–H groups in total. The van der Waals surface area contributed by atoms with Crippen LogP contribution in [0.2, 0.25) is 5.02 Å². The molecule has 0 bridgehead atoms. The number of thioether (sulfide) groups is 1. The molecular weight excluding hydrogens is 274 g/mol. The molecule has 2 atom stereocenters. The van der Waals surface area contributed by atoms with Gasteiger partial charge in [0.2, 0.25) is 0 Å². The minimum absolute atomic E-state index is 0.647. The first-order valence-electron chi connectivity index (χ1n) is 7.45. The zero-order valence-electron chi connectivity index (χ0n) is 11.7. The first kappa shape index (κ1) is 15.2. The molecule has 1 aromatic rings. The van der Waals surface area contributed by atoms with Crippen LogP contribution in [0.4, 0.5) is 0 Å². The summed E-state index contributed by atoms with van der Waals surface area (Å²) < 4.78 is 0. The zero-order valence-corrected chi connectivity index (χ0v) is 13.3. The fraction of sp³-hybridized carbons (Fsp3) is 0.625. The molecule has 0 radical (unpaired) electrons. The summed E-state index contributed by atoms with van der Waals surface area (Å²) in [4.78, 5) is 1.31. The summed E-state index contributed by atoms with van der Waals surface area (Å²) in [6, 6.07) is 8.92. The van der Waals surface area contributed by atoms with Gasteiger partial charge in [-0.25, -0.2) is 0 Å². The van der Waals surface area contributed by atoms with Gasteiger partial charge in [0, 0.05) is 21.2 Å². The summed E-state index contributed by atoms with van der Waals surface area (Å²) in [5.74, 6) is 0. The number of hydrogen-bond acceptors (Lipinski definition) is 2. The molecule has 1 aliphatic carbocycles. The number of nitrogens with one attached hydrogen (secondary N) is 1. The van der Waals surface area contributed by atoms with E-state index in [1.807, 2.05) is 17.8 Å². The van der Waals surface area contributed by atoms with Gasteiger partial charge in [0.1, 0.15) is 0 Å². The third kappa shape index (κ3) is 5.02. The van der Waals surface area contributed by atoms with Crippen LogP contribution >= 0.6 is 23.4 Å². The molecule has 0 heterocycles. The normalized spacial score (nSPS) is 24.7. The maximum Gasteiger partial charge on any atom is 0.0417 e. The van der Waals surface area contributed by atoms with Crippen molar-refractivity contribution in [3.63, 3.8) is 0 Å². The highest BCUT2D eigenvalue weighted by Crippen LogP contribution is 2.33. The monoisotopic (exact) mass is 297 g/mol. The Balaban J connectivity index is 2.03. The van der Waals surface area contributed by atoms with Crippen LogP contribution in [-0.2, 0) is 0 Å². The van der Waals surface area contributed by atoms with E-state index in [0.717, 1.165) is 11.6 Å². The number of benzene rings is 1. The van der Waals surface area contributed by atoms with E-state index < -0.39 is 0 Å². The molecule has 106 valence electrons. The van der Waals surface area contributed by atoms with Crippen LogP contribution in [0.3, 0.4) is 0 Å². The summed E-state index contributed by atoms with van der Waals surface area (Å²) in [5.41, 5.74) is 0. The minimum Gasteiger partial charge on any atom is -0.313 e. The third-order valence-electron chi connectivity index (χ3n) is 3.75. The lowest BCUT2D eigenvalue weighted by Crippen LogP contribution is -2.38. The van der Waals surface area contributed by atoms with E-state index in [4.69, 9.17) is 11.6 Å². The Morgan fingerprint density at radius 3 is 2.74 bits per heavy atom. The van der Waals surface area contributed by atoms with Crippen LogP contribution in [-0.4, -0.2) is 17.8 Å². The lowest BCUT2D eigenvalue weighted by atomic mass is 9.96. The Kier molecular flexibility index (Phi) is 6.55. The van der Waals surface area contributed by atoms with E-state index in [0.29, 0.717) is 11.3 Å². The lowest BCUT2D eigenvalue weighted by molar-refractivity contribution is 0.406. The summed E-state index contributed by atoms with van der Waals surface area (Å²) in [6.45, 7) is 3.27. The molecule has 2 unspecified atom stereocenters. The van der Waals surface area contributed by atoms with Gasteiger partial charge in [-0.2, -0.15) is 0 Å². The molecular formula is C16H24ClNS. The van der Waals surface area contributed by atoms with Gasteiger partial charge in [-0.15, -0.1) is 11.8 Å². The molecule has 1 aliphatic rings. The van der Waals surface area contributed by atoms with Crippen molar-refractivity contribution < 1.29 is 0 Å². The molecule has 1 nitrogen and oxygen atoms in total. The van der Waals surface area contributed by atoms with Crippen molar-refractivity contribution in [1.82, 2.24) is 5.32 Å². The highest BCUT2D eigenvalue weighted by Gasteiger charge is 2.22. The standard InChI is InChI=1S/C16H24ClNS/c1-2-18-15-10-5-3-4-6-11-16(15)19-14-9-7-8-13(17)12-14/h7-9,12,15-16,18H,2-6,10-11H2,1H3. The van der Waals surface area contributed by atoms with Gasteiger partial charge in [0.05, 0.1) is 0 Å². The highest BCUT2D eigenvalue weighted by atomic mass is 35.5. The number of hydrogen-bond donors (Lipinski definition) is 1. The first-order chi connectivity index (χ1) is 9.29. The van der Waals surface area contributed by atoms with E-state index in [-0.39, 0.29) is 0 Å². The average Bonchev–Trinajstić information content (AvgIpc) is 2.37. The Morgan fingerprint density at radius 1 is 1.21 bits per heavy atom. The van der Waals surface area contributed by atoms with Crippen molar-refractivity contribution in [2.24, 2.45) is 0 Å². The first-order valence-corrected chi connectivity index (χ1v) is 8.71. The molecule has 19 heavy (non-hydrogen) atoms. The van der Waals surface area contributed by atoms with Gasteiger partial charge < -0.3 is 5.32 Å². The van der Waals surface area contributed by atoms with E-state index in [1.165, 1.54) is 43.4 Å². The predicted octanol–water partition coefficient (Wildman–Crippen LogP) is 5.13. The average molecular weight is 298 g/mol. The Labute approximate surface area is 126 Å². The Morgan fingerprint density at radius 2 is 2.00 bits per heavy atom. The van der Waals surface area contributed by atoms with E-state index in [2.05, 4.69) is 30.4 Å². The minimum atomic E-state index is 0.647. The summed E-state index contributed by atoms with van der Waals surface area (Å²) in [6.07, 6.45) is 8.15. The molecule has 1 saturated carbocycles. The van der Waals surface area contributed by atoms with Crippen LogP contribution in [0.25, 0.3) is 0 Å². The molecule has 0 amide bonds. The molecule has 0 aromatic heterocycles. The molecule has 1 fully saturated rings. The van der Waals surface area contributed by atoms with Gasteiger partial charge in [-0.1, -0.05) is 50.3 Å². The molecule has 1 aromatic carbocycles. The smallest absolute Gasteiger partial charge is 0.0417 e. The maximum atomic E-state index is 6.09. The maximum absolute atomic E-state index is 6.09. The third-order valence-corrected chi connectivity index (χ3v) is 5.38. The van der Waals surface area contributed by atoms with E-state index in [9.17, 15) is 0 Å². The fourth-order valence-corrected chi connectivity index (χ4v) is 4.44. The molecule has 0 spiro atoms. The van der Waals surface area contributed by atoms with Crippen LogP contribution in [0.5, 0.6) is 0 Å². The topological polar surface area (TPSA) is 12.0 Å². The van der Waals surface area contributed by atoms with Gasteiger partial charge >= 0.3 is 0 Å². The Bertz CT molecular complexity index is 383. The Hall–Kier alpha value is -0.180. The van der Waals surface area contributed by atoms with Crippen LogP contribution < -0.4 is 5.32 Å². The van der Waals surface area contributed by atoms with Gasteiger partial charge in [0.25, 0.3) is 0 Å². The van der Waals surface area contributed by atoms with Gasteiger partial charge in [-0.3, -0.25) is 0 Å². The SMILES string of the molecule is CCNC1CCCCCCC1Sc1cccc(Cl)c1. The van der Waals surface area contributed by atoms with Gasteiger partial charge in [-0.05, 0) is 37.6 Å². The van der Waals surface area contributed by atoms with E-state index in [1.54, 1.807) is 0 Å². The molecule has 0 saturated heterocycles. The van der Waals surface area contributed by atoms with Crippen molar-refractivity contribution in [2.45, 2.75) is 61.6 Å². The van der Waals surface area contributed by atoms with Crippen LogP contribution in [0.1, 0.15) is 45.4 Å². The largest absolute Gasteiger partial charge is 0.313 e. The van der Waals surface area contributed by atoms with Crippen molar-refractivity contribution >= 4 is 23.4 Å². The zero-order chi connectivity index (χ0) is 13.5. The number of rotatable bonds is 4. The van der Waals surface area contributed by atoms with Crippen molar-refractivity contribution in [2.75, 3.05) is 6.54 Å². The van der Waals surface area contributed by atoms with E-state index >= 15 is 0 Å². The predicted molar refractivity (Wildman–Crippen MR) is 86.3 cm³/mol. The summed E-state index contributed by atoms with van der Waals surface area (Å²) >= 11 is 8.09. The summed E-state index contributed by atoms with van der Waals surface area (Å²) in [7, 11) is 0. The second-order valence-electron chi connectivity index (χ2n) is 5.27. The summed E-state index contributed by atoms with van der Waals surface area (Å²) in [5, 5.41) is 5.21. The molecule has 0 aliphatic heterocycles. The van der Waals surface area contributed by atoms with Crippen LogP contribution in [0.15, 0.2) is 29.2 Å². The molecule has 3 heteroatoms. The molecule has 2 rings (SSSR count). The van der Waals surface area contributed by atoms with Crippen molar-refractivity contribution in [1.29, 1.82) is 0 Å². The second kappa shape index (κ2) is 8.18.